The number of aromatic carboxylic acids is 1. The van der Waals surface area contributed by atoms with E-state index < -0.39 is 34.0 Å². The molecule has 1 fully saturated rings. The number of likely N-dealkylation sites (tertiary alicyclic amines) is 1. The predicted molar refractivity (Wildman–Crippen MR) is 69.7 cm³/mol. The average molecular weight is 297 g/mol. The molecule has 21 heavy (non-hydrogen) atoms. The van der Waals surface area contributed by atoms with Gasteiger partial charge in [-0.25, -0.2) is 9.18 Å². The van der Waals surface area contributed by atoms with E-state index in [9.17, 15) is 24.1 Å². The van der Waals surface area contributed by atoms with Crippen LogP contribution in [0.15, 0.2) is 12.1 Å². The van der Waals surface area contributed by atoms with Gasteiger partial charge in [0.2, 0.25) is 5.91 Å². The van der Waals surface area contributed by atoms with Gasteiger partial charge in [0.05, 0.1) is 16.7 Å². The van der Waals surface area contributed by atoms with Gasteiger partial charge in [0.25, 0.3) is 5.69 Å². The van der Waals surface area contributed by atoms with Gasteiger partial charge in [-0.15, -0.1) is 0 Å². The fourth-order valence-corrected chi connectivity index (χ4v) is 2.14. The Morgan fingerprint density at radius 1 is 1.57 bits per heavy atom. The third-order valence-electron chi connectivity index (χ3n) is 3.27. The summed E-state index contributed by atoms with van der Waals surface area (Å²) in [6.45, 7) is 0.497. The van der Waals surface area contributed by atoms with Gasteiger partial charge >= 0.3 is 5.97 Å². The summed E-state index contributed by atoms with van der Waals surface area (Å²) in [6.07, 6.45) is 0.439. The Kier molecular flexibility index (Phi) is 3.74. The third kappa shape index (κ3) is 2.76. The van der Waals surface area contributed by atoms with Crippen molar-refractivity contribution in [2.24, 2.45) is 0 Å². The number of hydrogen-bond donors (Lipinski definition) is 2. The summed E-state index contributed by atoms with van der Waals surface area (Å²) in [5.41, 5.74) is -1.71. The van der Waals surface area contributed by atoms with Gasteiger partial charge in [0.1, 0.15) is 11.6 Å². The van der Waals surface area contributed by atoms with Crippen LogP contribution in [0, 0.1) is 15.9 Å². The van der Waals surface area contributed by atoms with Crippen LogP contribution >= 0.6 is 0 Å². The number of benzene rings is 1. The maximum Gasteiger partial charge on any atom is 0.342 e. The summed E-state index contributed by atoms with van der Waals surface area (Å²) < 4.78 is 13.8. The number of anilines is 1. The number of nitro groups is 1. The van der Waals surface area contributed by atoms with Crippen LogP contribution in [-0.4, -0.2) is 46.4 Å². The number of rotatable bonds is 4. The molecule has 1 saturated heterocycles. The summed E-state index contributed by atoms with van der Waals surface area (Å²) >= 11 is 0. The van der Waals surface area contributed by atoms with Crippen molar-refractivity contribution in [2.75, 3.05) is 18.9 Å². The zero-order valence-corrected chi connectivity index (χ0v) is 11.0. The molecule has 0 spiro atoms. The van der Waals surface area contributed by atoms with Crippen LogP contribution in [0.5, 0.6) is 0 Å². The molecule has 1 aliphatic rings. The van der Waals surface area contributed by atoms with Crippen molar-refractivity contribution in [3.05, 3.63) is 33.6 Å². The molecule has 0 radical (unpaired) electrons. The Hall–Kier alpha value is -2.71. The van der Waals surface area contributed by atoms with E-state index in [4.69, 9.17) is 5.11 Å². The fraction of sp³-hybridized carbons (Fsp3) is 0.333. The molecule has 0 bridgehead atoms. The van der Waals surface area contributed by atoms with E-state index >= 15 is 0 Å². The lowest BCUT2D eigenvalue weighted by Crippen LogP contribution is -2.31. The molecule has 1 aromatic carbocycles. The Morgan fingerprint density at radius 3 is 2.71 bits per heavy atom. The zero-order chi connectivity index (χ0) is 15.7. The lowest BCUT2D eigenvalue weighted by Gasteiger charge is -2.14. The number of nitrogens with one attached hydrogen (secondary N) is 1. The van der Waals surface area contributed by atoms with Gasteiger partial charge < -0.3 is 15.3 Å². The summed E-state index contributed by atoms with van der Waals surface area (Å²) in [7, 11) is 1.60. The largest absolute Gasteiger partial charge is 0.477 e. The highest BCUT2D eigenvalue weighted by atomic mass is 19.1. The minimum atomic E-state index is -1.54. The van der Waals surface area contributed by atoms with Crippen molar-refractivity contribution >= 4 is 23.3 Å². The molecule has 112 valence electrons. The summed E-state index contributed by atoms with van der Waals surface area (Å²) in [4.78, 5) is 34.0. The predicted octanol–water partition coefficient (Wildman–Crippen LogP) is 1.07. The van der Waals surface area contributed by atoms with E-state index in [-0.39, 0.29) is 11.6 Å². The Labute approximate surface area is 118 Å². The third-order valence-corrected chi connectivity index (χ3v) is 3.27. The fourth-order valence-electron chi connectivity index (χ4n) is 2.14. The van der Waals surface area contributed by atoms with Gasteiger partial charge in [-0.3, -0.25) is 14.9 Å². The molecule has 1 atom stereocenters. The number of halogens is 1. The van der Waals surface area contributed by atoms with Crippen molar-refractivity contribution in [2.45, 2.75) is 12.5 Å². The number of nitrogens with zero attached hydrogens (tertiary/aromatic N) is 2. The Balaban J connectivity index is 2.36. The van der Waals surface area contributed by atoms with Crippen LogP contribution < -0.4 is 5.32 Å². The van der Waals surface area contributed by atoms with Crippen LogP contribution in [0.2, 0.25) is 0 Å². The molecular formula is C12H12FN3O5. The molecular weight excluding hydrogens is 285 g/mol. The molecule has 8 nitrogen and oxygen atoms in total. The van der Waals surface area contributed by atoms with Gasteiger partial charge in [-0.05, 0) is 12.5 Å². The van der Waals surface area contributed by atoms with Crippen molar-refractivity contribution in [3.63, 3.8) is 0 Å². The number of carboxylic acids is 1. The first-order chi connectivity index (χ1) is 9.81. The Morgan fingerprint density at radius 2 is 2.24 bits per heavy atom. The molecule has 1 aliphatic heterocycles. The number of hydrogen-bond acceptors (Lipinski definition) is 5. The van der Waals surface area contributed by atoms with Gasteiger partial charge in [-0.1, -0.05) is 0 Å². The highest BCUT2D eigenvalue weighted by Gasteiger charge is 2.31. The van der Waals surface area contributed by atoms with E-state index in [0.717, 1.165) is 6.07 Å². The van der Waals surface area contributed by atoms with E-state index in [1.807, 2.05) is 0 Å². The molecule has 0 aliphatic carbocycles. The number of carbonyl (C=O) groups is 2. The topological polar surface area (TPSA) is 113 Å². The SMILES string of the molecule is CN1CCC(Nc2cc(C(=O)O)c([N+](=O)[O-])cc2F)C1=O. The summed E-state index contributed by atoms with van der Waals surface area (Å²) in [6, 6.07) is 0.698. The minimum absolute atomic E-state index is 0.244. The zero-order valence-electron chi connectivity index (χ0n) is 11.0. The molecule has 2 rings (SSSR count). The molecule has 1 aromatic rings. The van der Waals surface area contributed by atoms with Crippen molar-refractivity contribution in [1.82, 2.24) is 4.90 Å². The minimum Gasteiger partial charge on any atom is -0.477 e. The van der Waals surface area contributed by atoms with E-state index in [1.54, 1.807) is 7.05 Å². The highest BCUT2D eigenvalue weighted by molar-refractivity contribution is 5.94. The lowest BCUT2D eigenvalue weighted by molar-refractivity contribution is -0.385. The molecule has 2 N–H and O–H groups in total. The van der Waals surface area contributed by atoms with Crippen molar-refractivity contribution < 1.29 is 24.0 Å². The van der Waals surface area contributed by atoms with Crippen LogP contribution in [0.4, 0.5) is 15.8 Å². The second-order valence-corrected chi connectivity index (χ2v) is 4.66. The van der Waals surface area contributed by atoms with Crippen LogP contribution in [-0.2, 0) is 4.79 Å². The second kappa shape index (κ2) is 5.35. The molecule has 1 amide bonds. The number of likely N-dealkylation sites (N-methyl/N-ethyl adjacent to an activating group) is 1. The number of carbonyl (C=O) groups excluding carboxylic acids is 1. The average Bonchev–Trinajstić information content (AvgIpc) is 2.72. The summed E-state index contributed by atoms with van der Waals surface area (Å²) in [5, 5.41) is 22.3. The van der Waals surface area contributed by atoms with Crippen LogP contribution in [0.25, 0.3) is 0 Å². The number of carboxylic acid groups (broad SMARTS) is 1. The maximum atomic E-state index is 13.8. The van der Waals surface area contributed by atoms with Gasteiger partial charge in [0, 0.05) is 13.6 Å². The Bertz CT molecular complexity index is 634. The van der Waals surface area contributed by atoms with Gasteiger partial charge in [0.15, 0.2) is 5.82 Å². The molecule has 0 saturated carbocycles. The number of nitro benzene ring substituents is 1. The smallest absolute Gasteiger partial charge is 0.342 e. The van der Waals surface area contributed by atoms with E-state index in [0.29, 0.717) is 19.0 Å². The molecule has 1 unspecified atom stereocenters. The molecule has 0 aromatic heterocycles. The highest BCUT2D eigenvalue weighted by Crippen LogP contribution is 2.27. The quantitative estimate of drug-likeness (QED) is 0.635. The van der Waals surface area contributed by atoms with E-state index in [1.165, 1.54) is 4.90 Å². The standard InChI is InChI=1S/C12H12FN3O5/c1-15-3-2-8(11(15)17)14-9-4-6(12(18)19)10(16(20)21)5-7(9)13/h4-5,8,14H,2-3H2,1H3,(H,18,19). The van der Waals surface area contributed by atoms with Gasteiger partial charge in [-0.2, -0.15) is 0 Å². The lowest BCUT2D eigenvalue weighted by atomic mass is 10.1. The van der Waals surface area contributed by atoms with Crippen LogP contribution in [0.3, 0.4) is 0 Å². The first-order valence-electron chi connectivity index (χ1n) is 6.04. The maximum absolute atomic E-state index is 13.8. The van der Waals surface area contributed by atoms with Crippen LogP contribution in [0.1, 0.15) is 16.8 Å². The second-order valence-electron chi connectivity index (χ2n) is 4.66. The van der Waals surface area contributed by atoms with Crippen molar-refractivity contribution in [3.8, 4) is 0 Å². The van der Waals surface area contributed by atoms with Crippen molar-refractivity contribution in [1.29, 1.82) is 0 Å². The first kappa shape index (κ1) is 14.7. The van der Waals surface area contributed by atoms with E-state index in [2.05, 4.69) is 5.32 Å². The number of amides is 1. The molecule has 1 heterocycles. The monoisotopic (exact) mass is 297 g/mol. The first-order valence-corrected chi connectivity index (χ1v) is 6.04. The molecule has 9 heteroatoms. The normalized spacial score (nSPS) is 17.9. The summed E-state index contributed by atoms with van der Waals surface area (Å²) in [5.74, 6) is -2.77.